The molecule has 0 fully saturated rings. The second kappa shape index (κ2) is 6.36. The summed E-state index contributed by atoms with van der Waals surface area (Å²) >= 11 is 1.23. The first-order chi connectivity index (χ1) is 8.41. The van der Waals surface area contributed by atoms with Crippen LogP contribution in [0.15, 0.2) is 18.2 Å². The number of quaternary nitrogens is 1. The van der Waals surface area contributed by atoms with E-state index in [4.69, 9.17) is 5.73 Å². The molecule has 1 aromatic rings. The van der Waals surface area contributed by atoms with Crippen molar-refractivity contribution in [3.05, 3.63) is 35.1 Å². The van der Waals surface area contributed by atoms with Crippen molar-refractivity contribution in [1.82, 2.24) is 0 Å². The molecule has 1 aromatic carbocycles. The number of amides is 1. The number of primary amides is 1. The smallest absolute Gasteiger partial charge is 0.248 e. The van der Waals surface area contributed by atoms with Gasteiger partial charge in [-0.05, 0) is 17.7 Å². The fourth-order valence-electron chi connectivity index (χ4n) is 1.20. The van der Waals surface area contributed by atoms with Crippen LogP contribution >= 0.6 is 11.8 Å². The summed E-state index contributed by atoms with van der Waals surface area (Å²) in [5.41, 5.74) is 8.89. The van der Waals surface area contributed by atoms with Crippen LogP contribution in [0.4, 0.5) is 4.39 Å². The number of hydrogen-bond donors (Lipinski definition) is 2. The van der Waals surface area contributed by atoms with Gasteiger partial charge in [-0.3, -0.25) is 4.79 Å². The topological polar surface area (TPSA) is 111 Å². The normalized spacial score (nSPS) is 12.1. The number of carboxylic acid groups (broad SMARTS) is 1. The summed E-state index contributed by atoms with van der Waals surface area (Å²) in [5, 5.41) is 10.4. The van der Waals surface area contributed by atoms with E-state index in [0.717, 1.165) is 6.07 Å². The molecule has 98 valence electrons. The number of halogens is 1. The summed E-state index contributed by atoms with van der Waals surface area (Å²) in [6, 6.07) is 3.13. The number of nitrogens with two attached hydrogens (primary N) is 1. The van der Waals surface area contributed by atoms with Crippen LogP contribution in [0.25, 0.3) is 0 Å². The number of carbonyl (C=O) groups is 2. The standard InChI is InChI=1S/C11H13FN2O3S/c12-8-3-6(10(14)15)1-2-7(8)4-18-5-9(13)11(16)17/h1-3,9H,4-5,13H2,(H2,14,15)(H,16,17)/t9-/m0/s1. The Bertz CT molecular complexity index is 468. The van der Waals surface area contributed by atoms with Gasteiger partial charge in [0.05, 0.1) is 11.7 Å². The molecule has 0 heterocycles. The van der Waals surface area contributed by atoms with Gasteiger partial charge in [-0.2, -0.15) is 11.8 Å². The van der Waals surface area contributed by atoms with Crippen LogP contribution in [0.1, 0.15) is 15.9 Å². The lowest BCUT2D eigenvalue weighted by Gasteiger charge is -2.09. The molecule has 5 N–H and O–H groups in total. The minimum Gasteiger partial charge on any atom is -0.544 e. The molecule has 0 bridgehead atoms. The van der Waals surface area contributed by atoms with Gasteiger partial charge in [-0.1, -0.05) is 6.07 Å². The summed E-state index contributed by atoms with van der Waals surface area (Å²) in [5.74, 6) is -1.92. The number of thioether (sulfide) groups is 1. The number of carbonyl (C=O) groups excluding carboxylic acids is 2. The Hall–Kier alpha value is -1.60. The summed E-state index contributed by atoms with van der Waals surface area (Å²) in [6.07, 6.45) is 0. The van der Waals surface area contributed by atoms with E-state index < -0.39 is 23.7 Å². The van der Waals surface area contributed by atoms with Gasteiger partial charge < -0.3 is 21.4 Å². The zero-order chi connectivity index (χ0) is 13.7. The van der Waals surface area contributed by atoms with E-state index in [1.807, 2.05) is 0 Å². The van der Waals surface area contributed by atoms with E-state index in [1.54, 1.807) is 0 Å². The van der Waals surface area contributed by atoms with E-state index >= 15 is 0 Å². The van der Waals surface area contributed by atoms with E-state index in [1.165, 1.54) is 23.9 Å². The van der Waals surface area contributed by atoms with Gasteiger partial charge in [0.2, 0.25) is 5.91 Å². The summed E-state index contributed by atoms with van der Waals surface area (Å²) in [6.45, 7) is 0. The van der Waals surface area contributed by atoms with E-state index in [2.05, 4.69) is 5.73 Å². The lowest BCUT2D eigenvalue weighted by atomic mass is 10.1. The van der Waals surface area contributed by atoms with Crippen molar-refractivity contribution >= 4 is 23.6 Å². The fraction of sp³-hybridized carbons (Fsp3) is 0.273. The van der Waals surface area contributed by atoms with Gasteiger partial charge >= 0.3 is 0 Å². The number of benzene rings is 1. The molecule has 0 radical (unpaired) electrons. The van der Waals surface area contributed by atoms with Gasteiger partial charge in [-0.25, -0.2) is 4.39 Å². The van der Waals surface area contributed by atoms with Gasteiger partial charge in [-0.15, -0.1) is 0 Å². The Morgan fingerprint density at radius 2 is 2.17 bits per heavy atom. The van der Waals surface area contributed by atoms with E-state index in [9.17, 15) is 19.1 Å². The molecule has 0 aliphatic rings. The third kappa shape index (κ3) is 4.01. The lowest BCUT2D eigenvalue weighted by Crippen LogP contribution is -2.69. The van der Waals surface area contributed by atoms with E-state index in [0.29, 0.717) is 11.3 Å². The van der Waals surface area contributed by atoms with Crippen molar-refractivity contribution in [3.8, 4) is 0 Å². The first-order valence-corrected chi connectivity index (χ1v) is 6.27. The zero-order valence-electron chi connectivity index (χ0n) is 9.52. The second-order valence-electron chi connectivity index (χ2n) is 3.70. The molecular weight excluding hydrogens is 259 g/mol. The van der Waals surface area contributed by atoms with Crippen molar-refractivity contribution in [2.24, 2.45) is 5.73 Å². The maximum Gasteiger partial charge on any atom is 0.248 e. The molecule has 5 nitrogen and oxygen atoms in total. The van der Waals surface area contributed by atoms with Crippen LogP contribution in [0.5, 0.6) is 0 Å². The third-order valence-electron chi connectivity index (χ3n) is 2.25. The first-order valence-electron chi connectivity index (χ1n) is 5.11. The Morgan fingerprint density at radius 1 is 1.50 bits per heavy atom. The Balaban J connectivity index is 2.58. The highest BCUT2D eigenvalue weighted by atomic mass is 32.2. The quantitative estimate of drug-likeness (QED) is 0.657. The molecule has 0 aliphatic carbocycles. The third-order valence-corrected chi connectivity index (χ3v) is 3.40. The van der Waals surface area contributed by atoms with E-state index in [-0.39, 0.29) is 11.3 Å². The molecule has 0 saturated carbocycles. The Labute approximate surface area is 107 Å². The zero-order valence-corrected chi connectivity index (χ0v) is 10.3. The number of aliphatic carboxylic acids is 1. The van der Waals surface area contributed by atoms with Crippen molar-refractivity contribution in [3.63, 3.8) is 0 Å². The van der Waals surface area contributed by atoms with Crippen LogP contribution in [0, 0.1) is 5.82 Å². The van der Waals surface area contributed by atoms with Crippen molar-refractivity contribution < 1.29 is 24.8 Å². The van der Waals surface area contributed by atoms with Gasteiger partial charge in [0.15, 0.2) is 0 Å². The van der Waals surface area contributed by atoms with Crippen molar-refractivity contribution in [1.29, 1.82) is 0 Å². The SMILES string of the molecule is NC(=O)c1ccc(CSC[C@H]([NH3+])C(=O)[O-])c(F)c1. The van der Waals surface area contributed by atoms with Crippen LogP contribution in [-0.2, 0) is 10.5 Å². The maximum absolute atomic E-state index is 13.5. The molecule has 1 atom stereocenters. The largest absolute Gasteiger partial charge is 0.544 e. The minimum absolute atomic E-state index is 0.103. The molecule has 1 rings (SSSR count). The number of hydrogen-bond acceptors (Lipinski definition) is 4. The van der Waals surface area contributed by atoms with Crippen LogP contribution in [0.2, 0.25) is 0 Å². The molecule has 0 aliphatic heterocycles. The van der Waals surface area contributed by atoms with Crippen molar-refractivity contribution in [2.45, 2.75) is 11.8 Å². The predicted molar refractivity (Wildman–Crippen MR) is 62.8 cm³/mol. The Kier molecular flexibility index (Phi) is 5.11. The molecule has 1 amide bonds. The molecule has 7 heteroatoms. The molecule has 0 aromatic heterocycles. The minimum atomic E-state index is -1.23. The van der Waals surface area contributed by atoms with Crippen LogP contribution in [-0.4, -0.2) is 23.7 Å². The lowest BCUT2D eigenvalue weighted by molar-refractivity contribution is -0.431. The highest BCUT2D eigenvalue weighted by Gasteiger charge is 2.10. The summed E-state index contributed by atoms with van der Waals surface area (Å²) in [7, 11) is 0. The van der Waals surface area contributed by atoms with Gasteiger partial charge in [0, 0.05) is 11.3 Å². The second-order valence-corrected chi connectivity index (χ2v) is 4.73. The molecular formula is C11H13FN2O3S. The Morgan fingerprint density at radius 3 is 2.67 bits per heavy atom. The molecule has 0 unspecified atom stereocenters. The maximum atomic E-state index is 13.5. The molecule has 0 saturated heterocycles. The highest BCUT2D eigenvalue weighted by molar-refractivity contribution is 7.98. The number of rotatable bonds is 6. The average Bonchev–Trinajstić information content (AvgIpc) is 2.30. The average molecular weight is 272 g/mol. The molecule has 18 heavy (non-hydrogen) atoms. The van der Waals surface area contributed by atoms with Crippen LogP contribution in [0.3, 0.4) is 0 Å². The molecule has 0 spiro atoms. The summed E-state index contributed by atoms with van der Waals surface area (Å²) in [4.78, 5) is 21.2. The van der Waals surface area contributed by atoms with Gasteiger partial charge in [0.25, 0.3) is 0 Å². The highest BCUT2D eigenvalue weighted by Crippen LogP contribution is 2.17. The summed E-state index contributed by atoms with van der Waals surface area (Å²) < 4.78 is 13.5. The van der Waals surface area contributed by atoms with Crippen LogP contribution < -0.4 is 16.6 Å². The predicted octanol–water partition coefficient (Wildman–Crippen LogP) is -1.48. The number of carboxylic acids is 1. The monoisotopic (exact) mass is 272 g/mol. The fourth-order valence-corrected chi connectivity index (χ4v) is 2.19. The van der Waals surface area contributed by atoms with Gasteiger partial charge in [0.1, 0.15) is 11.9 Å². The first kappa shape index (κ1) is 14.5. The van der Waals surface area contributed by atoms with Crippen molar-refractivity contribution in [2.75, 3.05) is 5.75 Å².